The summed E-state index contributed by atoms with van der Waals surface area (Å²) < 4.78 is 17.8. The van der Waals surface area contributed by atoms with Crippen LogP contribution in [0.25, 0.3) is 0 Å². The van der Waals surface area contributed by atoms with Gasteiger partial charge in [0, 0.05) is 17.2 Å². The third kappa shape index (κ3) is 7.27. The summed E-state index contributed by atoms with van der Waals surface area (Å²) in [6.07, 6.45) is 0.190. The van der Waals surface area contributed by atoms with Crippen LogP contribution in [0.5, 0.6) is 0 Å². The normalized spacial score (nSPS) is 11.6. The zero-order valence-corrected chi connectivity index (χ0v) is 15.4. The van der Waals surface area contributed by atoms with Crippen LogP contribution in [0.15, 0.2) is 59.5 Å². The van der Waals surface area contributed by atoms with E-state index in [0.717, 1.165) is 10.5 Å². The predicted molar refractivity (Wildman–Crippen MR) is 101 cm³/mol. The summed E-state index contributed by atoms with van der Waals surface area (Å²) >= 11 is 1.44. The number of benzene rings is 2. The van der Waals surface area contributed by atoms with Crippen molar-refractivity contribution in [1.82, 2.24) is 5.32 Å². The summed E-state index contributed by atoms with van der Waals surface area (Å²) in [5.41, 5.74) is 1.14. The van der Waals surface area contributed by atoms with Gasteiger partial charge in [-0.2, -0.15) is 0 Å². The molecular weight excluding hydrogens is 353 g/mol. The van der Waals surface area contributed by atoms with Gasteiger partial charge in [0.2, 0.25) is 0 Å². The number of thioether (sulfide) groups is 1. The second-order valence-electron chi connectivity index (χ2n) is 5.83. The second-order valence-corrected chi connectivity index (χ2v) is 7.00. The minimum absolute atomic E-state index is 0.183. The van der Waals surface area contributed by atoms with Crippen LogP contribution in [0.1, 0.15) is 24.8 Å². The molecule has 1 N–H and O–H groups in total. The third-order valence-corrected chi connectivity index (χ3v) is 4.74. The Morgan fingerprint density at radius 2 is 1.81 bits per heavy atom. The molecular formula is C20H22FNO3S. The molecule has 0 aliphatic carbocycles. The van der Waals surface area contributed by atoms with Gasteiger partial charge in [0.15, 0.2) is 6.61 Å². The molecule has 1 atom stereocenters. The highest BCUT2D eigenvalue weighted by atomic mass is 32.2. The van der Waals surface area contributed by atoms with Gasteiger partial charge in [0.1, 0.15) is 5.82 Å². The molecule has 0 fully saturated rings. The van der Waals surface area contributed by atoms with Gasteiger partial charge in [0.05, 0.1) is 6.42 Å². The second kappa shape index (κ2) is 10.6. The molecule has 0 unspecified atom stereocenters. The average Bonchev–Trinajstić information content (AvgIpc) is 2.66. The minimum Gasteiger partial charge on any atom is -0.456 e. The van der Waals surface area contributed by atoms with Crippen LogP contribution in [0.4, 0.5) is 4.39 Å². The van der Waals surface area contributed by atoms with Crippen LogP contribution in [0.2, 0.25) is 0 Å². The fourth-order valence-corrected chi connectivity index (χ4v) is 3.05. The Hall–Kier alpha value is -2.34. The molecule has 2 rings (SSSR count). The lowest BCUT2D eigenvalue weighted by Crippen LogP contribution is -2.31. The fraction of sp³-hybridized carbons (Fsp3) is 0.300. The highest BCUT2D eigenvalue weighted by Crippen LogP contribution is 2.19. The first-order valence-corrected chi connectivity index (χ1v) is 9.39. The lowest BCUT2D eigenvalue weighted by Gasteiger charge is -2.13. The van der Waals surface area contributed by atoms with Crippen molar-refractivity contribution in [3.63, 3.8) is 0 Å². The summed E-state index contributed by atoms with van der Waals surface area (Å²) in [6, 6.07) is 16.0. The number of ether oxygens (including phenoxy) is 1. The predicted octanol–water partition coefficient (Wildman–Crippen LogP) is 3.77. The number of nitrogens with one attached hydrogen (secondary N) is 1. The van der Waals surface area contributed by atoms with Crippen molar-refractivity contribution in [1.29, 1.82) is 0 Å². The Kier molecular flexibility index (Phi) is 8.15. The van der Waals surface area contributed by atoms with Crippen molar-refractivity contribution in [2.45, 2.75) is 24.2 Å². The third-order valence-electron chi connectivity index (χ3n) is 3.73. The monoisotopic (exact) mass is 375 g/mol. The molecule has 0 heterocycles. The van der Waals surface area contributed by atoms with Crippen molar-refractivity contribution < 1.29 is 18.7 Å². The number of esters is 1. The zero-order chi connectivity index (χ0) is 18.8. The van der Waals surface area contributed by atoms with E-state index in [4.69, 9.17) is 4.74 Å². The smallest absolute Gasteiger partial charge is 0.307 e. The van der Waals surface area contributed by atoms with E-state index in [2.05, 4.69) is 5.32 Å². The first-order chi connectivity index (χ1) is 12.5. The molecule has 6 heteroatoms. The van der Waals surface area contributed by atoms with Gasteiger partial charge in [-0.25, -0.2) is 4.39 Å². The number of rotatable bonds is 9. The zero-order valence-electron chi connectivity index (χ0n) is 14.6. The molecule has 4 nitrogen and oxygen atoms in total. The van der Waals surface area contributed by atoms with Gasteiger partial charge in [-0.15, -0.1) is 11.8 Å². The van der Waals surface area contributed by atoms with Crippen LogP contribution in [-0.2, 0) is 14.3 Å². The highest BCUT2D eigenvalue weighted by molar-refractivity contribution is 7.99. The number of carbonyl (C=O) groups is 2. The Labute approximate surface area is 157 Å². The number of halogens is 1. The van der Waals surface area contributed by atoms with Crippen molar-refractivity contribution in [2.75, 3.05) is 18.9 Å². The first-order valence-electron chi connectivity index (χ1n) is 8.40. The van der Waals surface area contributed by atoms with E-state index < -0.39 is 5.97 Å². The molecule has 2 aromatic rings. The van der Waals surface area contributed by atoms with E-state index in [9.17, 15) is 14.0 Å². The lowest BCUT2D eigenvalue weighted by atomic mass is 10.0. The van der Waals surface area contributed by atoms with Crippen LogP contribution in [0.3, 0.4) is 0 Å². The Morgan fingerprint density at radius 3 is 2.50 bits per heavy atom. The number of hydrogen-bond acceptors (Lipinski definition) is 4. The first kappa shape index (κ1) is 20.0. The summed E-state index contributed by atoms with van der Waals surface area (Å²) in [5, 5.41) is 2.77. The Bertz CT molecular complexity index is 707. The molecule has 2 aromatic carbocycles. The van der Waals surface area contributed by atoms with E-state index in [-0.39, 0.29) is 30.7 Å². The molecule has 0 spiro atoms. The fourth-order valence-electron chi connectivity index (χ4n) is 2.22. The molecule has 0 aliphatic heterocycles. The van der Waals surface area contributed by atoms with Gasteiger partial charge in [-0.3, -0.25) is 9.59 Å². The molecule has 0 radical (unpaired) electrons. The molecule has 26 heavy (non-hydrogen) atoms. The number of carbonyl (C=O) groups excluding carboxylic acids is 2. The SMILES string of the molecule is C[C@@H](CNC(=O)COC(=O)CCSc1ccc(F)cc1)c1ccccc1. The van der Waals surface area contributed by atoms with E-state index in [0.29, 0.717) is 12.3 Å². The molecule has 0 saturated carbocycles. The van der Waals surface area contributed by atoms with Gasteiger partial charge in [-0.1, -0.05) is 37.3 Å². The molecule has 0 bridgehead atoms. The molecule has 138 valence electrons. The van der Waals surface area contributed by atoms with Crippen LogP contribution >= 0.6 is 11.8 Å². The largest absolute Gasteiger partial charge is 0.456 e. The minimum atomic E-state index is -0.425. The molecule has 1 amide bonds. The van der Waals surface area contributed by atoms with Crippen LogP contribution in [0, 0.1) is 5.82 Å². The van der Waals surface area contributed by atoms with Gasteiger partial charge >= 0.3 is 5.97 Å². The molecule has 0 aliphatic rings. The van der Waals surface area contributed by atoms with Crippen molar-refractivity contribution in [3.05, 3.63) is 66.0 Å². The summed E-state index contributed by atoms with van der Waals surface area (Å²) in [4.78, 5) is 24.3. The summed E-state index contributed by atoms with van der Waals surface area (Å²) in [6.45, 7) is 2.23. The van der Waals surface area contributed by atoms with Gasteiger partial charge < -0.3 is 10.1 Å². The molecule has 0 aromatic heterocycles. The van der Waals surface area contributed by atoms with Crippen LogP contribution < -0.4 is 5.32 Å². The topological polar surface area (TPSA) is 55.4 Å². The maximum Gasteiger partial charge on any atom is 0.307 e. The average molecular weight is 375 g/mol. The lowest BCUT2D eigenvalue weighted by molar-refractivity contribution is -0.148. The maximum atomic E-state index is 12.8. The number of hydrogen-bond donors (Lipinski definition) is 1. The van der Waals surface area contributed by atoms with Crippen LogP contribution in [-0.4, -0.2) is 30.8 Å². The quantitative estimate of drug-likeness (QED) is 0.535. The number of amides is 1. The molecule has 0 saturated heterocycles. The van der Waals surface area contributed by atoms with Gasteiger partial charge in [0.25, 0.3) is 5.91 Å². The van der Waals surface area contributed by atoms with Crippen molar-refractivity contribution >= 4 is 23.6 Å². The van der Waals surface area contributed by atoms with Crippen molar-refractivity contribution in [3.8, 4) is 0 Å². The van der Waals surface area contributed by atoms with E-state index >= 15 is 0 Å². The highest BCUT2D eigenvalue weighted by Gasteiger charge is 2.10. The van der Waals surface area contributed by atoms with Gasteiger partial charge in [-0.05, 0) is 35.7 Å². The Balaban J connectivity index is 1.59. The van der Waals surface area contributed by atoms with Crippen molar-refractivity contribution in [2.24, 2.45) is 0 Å². The van der Waals surface area contributed by atoms with E-state index in [1.54, 1.807) is 12.1 Å². The van der Waals surface area contributed by atoms with E-state index in [1.807, 2.05) is 37.3 Å². The summed E-state index contributed by atoms with van der Waals surface area (Å²) in [5.74, 6) is -0.334. The Morgan fingerprint density at radius 1 is 1.12 bits per heavy atom. The maximum absolute atomic E-state index is 12.8. The van der Waals surface area contributed by atoms with E-state index in [1.165, 1.54) is 23.9 Å². The summed E-state index contributed by atoms with van der Waals surface area (Å²) in [7, 11) is 0. The standard InChI is InChI=1S/C20H22FNO3S/c1-15(16-5-3-2-4-6-16)13-22-19(23)14-25-20(24)11-12-26-18-9-7-17(21)8-10-18/h2-10,15H,11-14H2,1H3,(H,22,23)/t15-/m0/s1.